The quantitative estimate of drug-likeness (QED) is 0.928. The highest BCUT2D eigenvalue weighted by molar-refractivity contribution is 5.85. The molecular formula is C13H15ClF3NO3. The lowest BCUT2D eigenvalue weighted by Gasteiger charge is -2.32. The number of morpholine rings is 1. The highest BCUT2D eigenvalue weighted by Gasteiger charge is 2.33. The summed E-state index contributed by atoms with van der Waals surface area (Å²) in [7, 11) is 0. The van der Waals surface area contributed by atoms with E-state index in [-0.39, 0.29) is 18.0 Å². The number of halogens is 4. The number of aliphatic carboxylic acids is 1. The van der Waals surface area contributed by atoms with E-state index in [4.69, 9.17) is 4.74 Å². The predicted octanol–water partition coefficient (Wildman–Crippen LogP) is 2.59. The molecule has 2 rings (SSSR count). The van der Waals surface area contributed by atoms with E-state index < -0.39 is 23.8 Å². The molecule has 1 saturated heterocycles. The third-order valence-corrected chi connectivity index (χ3v) is 3.17. The average Bonchev–Trinajstić information content (AvgIpc) is 2.39. The van der Waals surface area contributed by atoms with Gasteiger partial charge < -0.3 is 9.84 Å². The van der Waals surface area contributed by atoms with Crippen LogP contribution in [0.4, 0.5) is 13.2 Å². The molecule has 1 N–H and O–H groups in total. The molecule has 4 nitrogen and oxygen atoms in total. The molecule has 0 aliphatic carbocycles. The zero-order valence-corrected chi connectivity index (χ0v) is 11.8. The molecule has 0 aromatic heterocycles. The van der Waals surface area contributed by atoms with Gasteiger partial charge in [0.05, 0.1) is 18.8 Å². The van der Waals surface area contributed by atoms with Gasteiger partial charge >= 0.3 is 12.1 Å². The van der Waals surface area contributed by atoms with Crippen molar-refractivity contribution in [3.63, 3.8) is 0 Å². The zero-order valence-electron chi connectivity index (χ0n) is 11.0. The molecule has 0 bridgehead atoms. The number of benzene rings is 1. The summed E-state index contributed by atoms with van der Waals surface area (Å²) in [4.78, 5) is 13.0. The number of nitrogens with zero attached hydrogens (tertiary/aromatic N) is 1. The van der Waals surface area contributed by atoms with Crippen LogP contribution in [0.15, 0.2) is 24.3 Å². The van der Waals surface area contributed by atoms with Gasteiger partial charge in [0, 0.05) is 13.1 Å². The fraction of sp³-hybridized carbons (Fsp3) is 0.462. The molecule has 1 aromatic carbocycles. The first-order chi connectivity index (χ1) is 9.39. The molecule has 1 unspecified atom stereocenters. The van der Waals surface area contributed by atoms with E-state index >= 15 is 0 Å². The molecule has 0 spiro atoms. The number of hydrogen-bond acceptors (Lipinski definition) is 3. The first kappa shape index (κ1) is 17.7. The Morgan fingerprint density at radius 2 is 1.90 bits per heavy atom. The van der Waals surface area contributed by atoms with Gasteiger partial charge in [-0.3, -0.25) is 9.69 Å². The fourth-order valence-corrected chi connectivity index (χ4v) is 2.23. The van der Waals surface area contributed by atoms with E-state index in [0.717, 1.165) is 12.1 Å². The summed E-state index contributed by atoms with van der Waals surface area (Å²) in [6, 6.07) is 3.38. The molecule has 0 amide bonds. The smallest absolute Gasteiger partial charge is 0.416 e. The molecule has 1 aliphatic heterocycles. The van der Waals surface area contributed by atoms with E-state index in [1.807, 2.05) is 0 Å². The van der Waals surface area contributed by atoms with Gasteiger partial charge in [0.15, 0.2) is 0 Å². The second kappa shape index (κ2) is 7.11. The Morgan fingerprint density at radius 3 is 2.43 bits per heavy atom. The molecule has 21 heavy (non-hydrogen) atoms. The SMILES string of the molecule is Cl.O=C(O)C(c1cccc(C(F)(F)F)c1)N1CCOCC1. The molecular weight excluding hydrogens is 311 g/mol. The van der Waals surface area contributed by atoms with E-state index in [1.54, 1.807) is 4.90 Å². The van der Waals surface area contributed by atoms with Crippen molar-refractivity contribution in [3.8, 4) is 0 Å². The summed E-state index contributed by atoms with van der Waals surface area (Å²) in [6.07, 6.45) is -4.48. The van der Waals surface area contributed by atoms with Crippen LogP contribution in [0.1, 0.15) is 17.2 Å². The van der Waals surface area contributed by atoms with Crippen LogP contribution in [0.3, 0.4) is 0 Å². The Balaban J connectivity index is 0.00000220. The maximum absolute atomic E-state index is 12.7. The van der Waals surface area contributed by atoms with Crippen molar-refractivity contribution in [2.75, 3.05) is 26.3 Å². The Kier molecular flexibility index (Phi) is 6.00. The maximum atomic E-state index is 12.7. The first-order valence-corrected chi connectivity index (χ1v) is 6.11. The molecule has 1 atom stereocenters. The Hall–Kier alpha value is -1.31. The number of hydrogen-bond donors (Lipinski definition) is 1. The predicted molar refractivity (Wildman–Crippen MR) is 71.5 cm³/mol. The molecule has 0 radical (unpaired) electrons. The van der Waals surface area contributed by atoms with Crippen LogP contribution >= 0.6 is 12.4 Å². The number of rotatable bonds is 3. The van der Waals surface area contributed by atoms with Gasteiger partial charge in [-0.2, -0.15) is 13.2 Å². The van der Waals surface area contributed by atoms with Crippen molar-refractivity contribution in [3.05, 3.63) is 35.4 Å². The van der Waals surface area contributed by atoms with Crippen molar-refractivity contribution < 1.29 is 27.8 Å². The lowest BCUT2D eigenvalue weighted by Crippen LogP contribution is -2.42. The van der Waals surface area contributed by atoms with E-state index in [9.17, 15) is 23.1 Å². The molecule has 8 heteroatoms. The molecule has 1 aromatic rings. The number of carbonyl (C=O) groups is 1. The summed E-state index contributed by atoms with van der Waals surface area (Å²) in [5.41, 5.74) is -0.705. The van der Waals surface area contributed by atoms with Crippen LogP contribution in [-0.2, 0) is 15.7 Å². The summed E-state index contributed by atoms with van der Waals surface area (Å²) in [5.74, 6) is -1.16. The lowest BCUT2D eigenvalue weighted by atomic mass is 10.0. The monoisotopic (exact) mass is 325 g/mol. The number of carboxylic acid groups (broad SMARTS) is 1. The van der Waals surface area contributed by atoms with Crippen LogP contribution in [0, 0.1) is 0 Å². The highest BCUT2D eigenvalue weighted by Crippen LogP contribution is 2.32. The molecule has 118 valence electrons. The van der Waals surface area contributed by atoms with Gasteiger partial charge in [-0.05, 0) is 17.7 Å². The normalized spacial score (nSPS) is 17.9. The van der Waals surface area contributed by atoms with Crippen LogP contribution in [0.25, 0.3) is 0 Å². The maximum Gasteiger partial charge on any atom is 0.416 e. The van der Waals surface area contributed by atoms with Crippen molar-refractivity contribution in [2.24, 2.45) is 0 Å². The summed E-state index contributed by atoms with van der Waals surface area (Å²) < 4.78 is 43.2. The first-order valence-electron chi connectivity index (χ1n) is 6.11. The summed E-state index contributed by atoms with van der Waals surface area (Å²) in [5, 5.41) is 9.31. The molecule has 1 heterocycles. The van der Waals surface area contributed by atoms with Crippen molar-refractivity contribution in [1.29, 1.82) is 0 Å². The minimum absolute atomic E-state index is 0. The van der Waals surface area contributed by atoms with E-state index in [2.05, 4.69) is 0 Å². The van der Waals surface area contributed by atoms with Crippen LogP contribution < -0.4 is 0 Å². The summed E-state index contributed by atoms with van der Waals surface area (Å²) >= 11 is 0. The van der Waals surface area contributed by atoms with Gasteiger partial charge in [0.25, 0.3) is 0 Å². The largest absolute Gasteiger partial charge is 0.480 e. The highest BCUT2D eigenvalue weighted by atomic mass is 35.5. The van der Waals surface area contributed by atoms with Crippen molar-refractivity contribution >= 4 is 18.4 Å². The number of alkyl halides is 3. The molecule has 1 aliphatic rings. The second-order valence-corrected chi connectivity index (χ2v) is 4.51. The van der Waals surface area contributed by atoms with Crippen molar-refractivity contribution in [2.45, 2.75) is 12.2 Å². The third kappa shape index (κ3) is 4.33. The molecule has 0 saturated carbocycles. The summed E-state index contributed by atoms with van der Waals surface area (Å²) in [6.45, 7) is 1.52. The topological polar surface area (TPSA) is 49.8 Å². The minimum Gasteiger partial charge on any atom is -0.480 e. The lowest BCUT2D eigenvalue weighted by molar-refractivity contribution is -0.146. The third-order valence-electron chi connectivity index (χ3n) is 3.17. The van der Waals surface area contributed by atoms with Gasteiger partial charge in [-0.15, -0.1) is 12.4 Å². The average molecular weight is 326 g/mol. The van der Waals surface area contributed by atoms with E-state index in [1.165, 1.54) is 12.1 Å². The van der Waals surface area contributed by atoms with Crippen molar-refractivity contribution in [1.82, 2.24) is 4.90 Å². The van der Waals surface area contributed by atoms with Crippen LogP contribution in [0.2, 0.25) is 0 Å². The Labute approximate surface area is 125 Å². The van der Waals surface area contributed by atoms with Gasteiger partial charge in [-0.1, -0.05) is 12.1 Å². The van der Waals surface area contributed by atoms with E-state index in [0.29, 0.717) is 26.3 Å². The fourth-order valence-electron chi connectivity index (χ4n) is 2.23. The standard InChI is InChI=1S/C13H14F3NO3.ClH/c14-13(15,16)10-3-1-2-9(8-10)11(12(18)19)17-4-6-20-7-5-17;/h1-3,8,11H,4-7H2,(H,18,19);1H. The molecule has 1 fully saturated rings. The Morgan fingerprint density at radius 1 is 1.29 bits per heavy atom. The van der Waals surface area contributed by atoms with Gasteiger partial charge in [-0.25, -0.2) is 0 Å². The number of carboxylic acids is 1. The zero-order chi connectivity index (χ0) is 14.8. The minimum atomic E-state index is -4.48. The van der Waals surface area contributed by atoms with Crippen LogP contribution in [-0.4, -0.2) is 42.3 Å². The van der Waals surface area contributed by atoms with Gasteiger partial charge in [0.1, 0.15) is 6.04 Å². The van der Waals surface area contributed by atoms with Gasteiger partial charge in [0.2, 0.25) is 0 Å². The Bertz CT molecular complexity index is 490. The second-order valence-electron chi connectivity index (χ2n) is 4.51. The number of ether oxygens (including phenoxy) is 1. The van der Waals surface area contributed by atoms with Crippen LogP contribution in [0.5, 0.6) is 0 Å².